The van der Waals surface area contributed by atoms with Crippen molar-refractivity contribution >= 4 is 60.5 Å². The average molecular weight is 744 g/mol. The normalized spacial score (nSPS) is 13.6. The third-order valence-electron chi connectivity index (χ3n) is 8.05. The van der Waals surface area contributed by atoms with E-state index in [0.29, 0.717) is 19.4 Å². The van der Waals surface area contributed by atoms with E-state index in [4.69, 9.17) is 10.5 Å². The molecule has 5 N–H and O–H groups in total. The second-order valence-electron chi connectivity index (χ2n) is 13.0. The van der Waals surface area contributed by atoms with Crippen LogP contribution in [-0.4, -0.2) is 77.0 Å². The van der Waals surface area contributed by atoms with Gasteiger partial charge in [0.15, 0.2) is 21.4 Å². The van der Waals surface area contributed by atoms with Crippen molar-refractivity contribution in [2.24, 2.45) is 5.92 Å². The number of nitrogen functional groups attached to an aromatic ring is 1. The zero-order valence-corrected chi connectivity index (χ0v) is 30.3. The molecule has 0 unspecified atom stereocenters. The van der Waals surface area contributed by atoms with Gasteiger partial charge in [0.05, 0.1) is 52.6 Å². The summed E-state index contributed by atoms with van der Waals surface area (Å²) in [6.45, 7) is 5.63. The fraction of sp³-hybridized carbons (Fsp3) is 0.371. The van der Waals surface area contributed by atoms with Gasteiger partial charge >= 0.3 is 11.9 Å². The Morgan fingerprint density at radius 1 is 0.902 bits per heavy atom. The van der Waals surface area contributed by atoms with E-state index in [-0.39, 0.29) is 63.7 Å². The average Bonchev–Trinajstić information content (AvgIpc) is 3.05. The summed E-state index contributed by atoms with van der Waals surface area (Å²) in [5.74, 6) is -4.05. The molecule has 0 aromatic heterocycles. The molecule has 0 amide bonds. The van der Waals surface area contributed by atoms with E-state index in [1.165, 1.54) is 36.4 Å². The van der Waals surface area contributed by atoms with Crippen molar-refractivity contribution < 1.29 is 50.0 Å². The number of unbranched alkanes of at least 4 members (excludes halogenated alkanes) is 1. The lowest BCUT2D eigenvalue weighted by molar-refractivity contribution is -0.160. The van der Waals surface area contributed by atoms with Gasteiger partial charge in [0.2, 0.25) is 0 Å². The van der Waals surface area contributed by atoms with E-state index in [1.807, 2.05) is 0 Å². The van der Waals surface area contributed by atoms with E-state index in [1.54, 1.807) is 32.9 Å². The van der Waals surface area contributed by atoms with Crippen molar-refractivity contribution in [3.05, 3.63) is 76.9 Å². The van der Waals surface area contributed by atoms with Crippen molar-refractivity contribution in [3.63, 3.8) is 0 Å². The Balaban J connectivity index is 1.44. The highest BCUT2D eigenvalue weighted by atomic mass is 32.2. The van der Waals surface area contributed by atoms with E-state index in [2.05, 4.69) is 14.8 Å². The highest BCUT2D eigenvalue weighted by Gasteiger charge is 2.37. The molecule has 3 aromatic rings. The minimum Gasteiger partial charge on any atom is -0.481 e. The number of hydrogen-bond acceptors (Lipinski definition) is 13. The summed E-state index contributed by atoms with van der Waals surface area (Å²) in [6.07, 6.45) is 1.07. The molecule has 0 aliphatic heterocycles. The summed E-state index contributed by atoms with van der Waals surface area (Å²) in [4.78, 5) is 50.2. The summed E-state index contributed by atoms with van der Waals surface area (Å²) >= 11 is 0. The number of ketones is 2. The first kappa shape index (κ1) is 39.2. The number of carbonyl (C=O) groups is 4. The van der Waals surface area contributed by atoms with Gasteiger partial charge < -0.3 is 26.2 Å². The zero-order chi connectivity index (χ0) is 37.7. The quantitative estimate of drug-likeness (QED) is 0.0549. The van der Waals surface area contributed by atoms with Gasteiger partial charge in [-0.3, -0.25) is 23.4 Å². The van der Waals surface area contributed by atoms with Crippen LogP contribution in [0.4, 0.5) is 17.1 Å². The van der Waals surface area contributed by atoms with Gasteiger partial charge in [-0.05, 0) is 64.4 Å². The second kappa shape index (κ2) is 15.7. The number of esters is 1. The number of nitrogens with one attached hydrogen (secondary N) is 2. The Morgan fingerprint density at radius 3 is 2.16 bits per heavy atom. The lowest BCUT2D eigenvalue weighted by atomic mass is 9.82. The Labute approximate surface area is 296 Å². The maximum atomic E-state index is 13.7. The first-order chi connectivity index (χ1) is 23.9. The number of nitrogens with two attached hydrogens (primary N) is 1. The molecule has 0 spiro atoms. The smallest absolute Gasteiger partial charge is 0.307 e. The van der Waals surface area contributed by atoms with Crippen LogP contribution in [0.3, 0.4) is 0 Å². The van der Waals surface area contributed by atoms with E-state index < -0.39 is 65.6 Å². The monoisotopic (exact) mass is 743 g/mol. The van der Waals surface area contributed by atoms with Crippen LogP contribution in [0.15, 0.2) is 64.4 Å². The number of benzene rings is 3. The van der Waals surface area contributed by atoms with Crippen molar-refractivity contribution in [2.75, 3.05) is 37.0 Å². The largest absolute Gasteiger partial charge is 0.481 e. The Hall–Kier alpha value is -4.64. The Bertz CT molecular complexity index is 2070. The third kappa shape index (κ3) is 9.38. The number of carbonyl (C=O) groups excluding carboxylic acids is 3. The Kier molecular flexibility index (Phi) is 12.1. The third-order valence-corrected chi connectivity index (χ3v) is 11.1. The van der Waals surface area contributed by atoms with Crippen LogP contribution < -0.4 is 16.4 Å². The van der Waals surface area contributed by atoms with Crippen LogP contribution in [0, 0.1) is 5.92 Å². The van der Waals surface area contributed by atoms with Crippen LogP contribution in [-0.2, 0) is 38.5 Å². The summed E-state index contributed by atoms with van der Waals surface area (Å²) in [6, 6.07) is 12.8. The van der Waals surface area contributed by atoms with Crippen LogP contribution in [0.2, 0.25) is 0 Å². The number of sulfone groups is 1. The van der Waals surface area contributed by atoms with E-state index >= 15 is 0 Å². The summed E-state index contributed by atoms with van der Waals surface area (Å²) in [5, 5.41) is 15.4. The molecule has 0 bridgehead atoms. The van der Waals surface area contributed by atoms with Crippen LogP contribution in [0.1, 0.15) is 78.3 Å². The van der Waals surface area contributed by atoms with Gasteiger partial charge in [-0.15, -0.1) is 0 Å². The Morgan fingerprint density at radius 2 is 1.55 bits per heavy atom. The predicted molar refractivity (Wildman–Crippen MR) is 188 cm³/mol. The molecule has 0 saturated heterocycles. The number of aliphatic carboxylic acids is 1. The van der Waals surface area contributed by atoms with Crippen LogP contribution in [0.25, 0.3) is 0 Å². The maximum Gasteiger partial charge on any atom is 0.307 e. The van der Waals surface area contributed by atoms with Crippen LogP contribution in [0.5, 0.6) is 0 Å². The molecule has 1 atom stereocenters. The number of carboxylic acids is 1. The van der Waals surface area contributed by atoms with Gasteiger partial charge in [-0.1, -0.05) is 36.8 Å². The first-order valence-electron chi connectivity index (χ1n) is 16.1. The molecule has 4 rings (SSSR count). The number of anilines is 3. The molecular weight excluding hydrogens is 703 g/mol. The van der Waals surface area contributed by atoms with E-state index in [9.17, 15) is 41.1 Å². The molecule has 1 aliphatic carbocycles. The maximum absolute atomic E-state index is 13.7. The number of carboxylic acid groups (broad SMARTS) is 1. The lowest BCUT2D eigenvalue weighted by Crippen LogP contribution is -2.27. The molecule has 51 heavy (non-hydrogen) atoms. The second-order valence-corrected chi connectivity index (χ2v) is 16.7. The van der Waals surface area contributed by atoms with Gasteiger partial charge in [-0.2, -0.15) is 8.42 Å². The topological polar surface area (TPSA) is 225 Å². The molecule has 16 heteroatoms. The molecule has 274 valence electrons. The fourth-order valence-electron chi connectivity index (χ4n) is 5.60. The summed E-state index contributed by atoms with van der Waals surface area (Å²) < 4.78 is 61.9. The van der Waals surface area contributed by atoms with Gasteiger partial charge in [0.25, 0.3) is 10.1 Å². The summed E-state index contributed by atoms with van der Waals surface area (Å²) in [7, 11) is -7.34. The number of ether oxygens (including phenoxy) is 1. The highest BCUT2D eigenvalue weighted by molar-refractivity contribution is 7.91. The van der Waals surface area contributed by atoms with Gasteiger partial charge in [0.1, 0.15) is 10.5 Å². The molecule has 14 nitrogen and oxygen atoms in total. The zero-order valence-electron chi connectivity index (χ0n) is 28.6. The minimum atomic E-state index is -4.44. The number of fused-ring (bicyclic) bond motifs is 2. The van der Waals surface area contributed by atoms with Crippen LogP contribution >= 0.6 is 0 Å². The van der Waals surface area contributed by atoms with Crippen molar-refractivity contribution in [2.45, 2.75) is 61.8 Å². The standard InChI is InChI=1S/C35H41N3O11S2/c1-35(2,3)49-28(39)18-21(34(42)43)10-7-8-15-37-16-17-50(44,45)23-12-9-11-22(19-23)38-26-20-27(51(46,47)48-4)31(36)30-29(26)32(40)24-13-5-6-14-25(24)33(30)41/h5-6,9,11-14,19-21,37-38H,7-8,10,15-18,36H2,1-4H3,(H,42,43)/t21-/m1/s1. The SMILES string of the molecule is COS(=O)(=O)c1cc(Nc2cccc(S(=O)(=O)CCNCCCC[C@H](CC(=O)OC(C)(C)C)C(=O)O)c2)c2c(c1N)C(=O)c1ccccc1C2=O. The molecular formula is C35H41N3O11S2. The summed E-state index contributed by atoms with van der Waals surface area (Å²) in [5.41, 5.74) is 4.81. The van der Waals surface area contributed by atoms with Gasteiger partial charge in [0, 0.05) is 23.4 Å². The first-order valence-corrected chi connectivity index (χ1v) is 19.1. The number of rotatable bonds is 16. The van der Waals surface area contributed by atoms with Crippen molar-refractivity contribution in [3.8, 4) is 0 Å². The molecule has 0 heterocycles. The van der Waals surface area contributed by atoms with E-state index in [0.717, 1.165) is 13.2 Å². The molecule has 0 saturated carbocycles. The lowest BCUT2D eigenvalue weighted by Gasteiger charge is -2.24. The van der Waals surface area contributed by atoms with Gasteiger partial charge in [-0.25, -0.2) is 8.42 Å². The molecule has 3 aromatic carbocycles. The molecule has 0 fully saturated rings. The predicted octanol–water partition coefficient (Wildman–Crippen LogP) is 4.09. The fourth-order valence-corrected chi connectivity index (χ4v) is 7.65. The minimum absolute atomic E-state index is 0.0532. The highest BCUT2D eigenvalue weighted by Crippen LogP contribution is 2.40. The van der Waals surface area contributed by atoms with Crippen molar-refractivity contribution in [1.82, 2.24) is 5.32 Å². The molecule has 0 radical (unpaired) electrons. The number of hydrogen-bond donors (Lipinski definition) is 4. The molecule has 1 aliphatic rings. The van der Waals surface area contributed by atoms with Crippen molar-refractivity contribution in [1.29, 1.82) is 0 Å².